The number of aryl methyl sites for hydroxylation is 2. The third-order valence-corrected chi connectivity index (χ3v) is 4.15. The predicted octanol–water partition coefficient (Wildman–Crippen LogP) is -0.902. The van der Waals surface area contributed by atoms with Crippen LogP contribution >= 0.6 is 0 Å². The van der Waals surface area contributed by atoms with E-state index in [-0.39, 0.29) is 19.4 Å². The Bertz CT molecular complexity index is 876. The number of fused-ring (bicyclic) bond motifs is 1. The highest BCUT2D eigenvalue weighted by Gasteiger charge is 2.45. The molecule has 0 radical (unpaired) electrons. The average molecular weight is 289 g/mol. The summed E-state index contributed by atoms with van der Waals surface area (Å²) in [5.41, 5.74) is -1.15. The Hall–Kier alpha value is -2.40. The van der Waals surface area contributed by atoms with Crippen LogP contribution in [-0.2, 0) is 20.6 Å². The molecule has 110 valence electrons. The zero-order valence-electron chi connectivity index (χ0n) is 11.8. The number of hydrogen-bond donors (Lipinski definition) is 1. The number of imidazole rings is 1. The van der Waals surface area contributed by atoms with Gasteiger partial charge in [-0.2, -0.15) is 5.26 Å². The summed E-state index contributed by atoms with van der Waals surface area (Å²) in [6.07, 6.45) is 1.50. The second-order valence-electron chi connectivity index (χ2n) is 5.71. The molecule has 8 heteroatoms. The topological polar surface area (TPSA) is 106 Å². The first-order valence-electron chi connectivity index (χ1n) is 6.59. The Labute approximate surface area is 119 Å². The molecule has 1 saturated carbocycles. The smallest absolute Gasteiger partial charge is 0.332 e. The summed E-state index contributed by atoms with van der Waals surface area (Å²) < 4.78 is 3.93. The monoisotopic (exact) mass is 289 g/mol. The molecule has 2 aromatic rings. The number of rotatable bonds is 2. The van der Waals surface area contributed by atoms with Gasteiger partial charge in [0.15, 0.2) is 11.2 Å². The van der Waals surface area contributed by atoms with Gasteiger partial charge in [-0.15, -0.1) is 0 Å². The Morgan fingerprint density at radius 2 is 2.14 bits per heavy atom. The molecular weight excluding hydrogens is 274 g/mol. The van der Waals surface area contributed by atoms with Crippen molar-refractivity contribution in [2.75, 3.05) is 0 Å². The van der Waals surface area contributed by atoms with E-state index in [4.69, 9.17) is 0 Å². The number of aliphatic hydroxyl groups excluding tert-OH is 1. The van der Waals surface area contributed by atoms with Gasteiger partial charge in [0.2, 0.25) is 0 Å². The summed E-state index contributed by atoms with van der Waals surface area (Å²) in [5.74, 6) is 0. The van der Waals surface area contributed by atoms with Gasteiger partial charge in [0.1, 0.15) is 0 Å². The highest BCUT2D eigenvalue weighted by molar-refractivity contribution is 5.69. The van der Waals surface area contributed by atoms with Crippen LogP contribution in [0.3, 0.4) is 0 Å². The van der Waals surface area contributed by atoms with Crippen LogP contribution in [0.15, 0.2) is 15.9 Å². The fourth-order valence-corrected chi connectivity index (χ4v) is 2.94. The lowest BCUT2D eigenvalue weighted by molar-refractivity contribution is -0.00760. The molecule has 0 amide bonds. The SMILES string of the molecule is Cn1cnc2c1c(=O)n(CC1(C#N)CC(O)C1)c(=O)n2C. The van der Waals surface area contributed by atoms with E-state index in [1.807, 2.05) is 0 Å². The number of nitrogens with zero attached hydrogens (tertiary/aromatic N) is 5. The summed E-state index contributed by atoms with van der Waals surface area (Å²) in [5, 5.41) is 18.7. The molecule has 2 heterocycles. The molecule has 3 rings (SSSR count). The number of aliphatic hydroxyl groups is 1. The average Bonchev–Trinajstić information content (AvgIpc) is 2.80. The van der Waals surface area contributed by atoms with Gasteiger partial charge < -0.3 is 9.67 Å². The van der Waals surface area contributed by atoms with Crippen LogP contribution in [0.5, 0.6) is 0 Å². The maximum absolute atomic E-state index is 12.5. The molecule has 2 aromatic heterocycles. The fraction of sp³-hybridized carbons (Fsp3) is 0.538. The van der Waals surface area contributed by atoms with Crippen molar-refractivity contribution in [3.63, 3.8) is 0 Å². The van der Waals surface area contributed by atoms with Crippen molar-refractivity contribution in [1.82, 2.24) is 18.7 Å². The molecule has 0 unspecified atom stereocenters. The van der Waals surface area contributed by atoms with Crippen LogP contribution in [0.2, 0.25) is 0 Å². The minimum absolute atomic E-state index is 0.00676. The van der Waals surface area contributed by atoms with Crippen molar-refractivity contribution >= 4 is 11.2 Å². The zero-order chi connectivity index (χ0) is 15.4. The summed E-state index contributed by atoms with van der Waals surface area (Å²) in [7, 11) is 3.22. The van der Waals surface area contributed by atoms with Crippen molar-refractivity contribution in [2.45, 2.75) is 25.5 Å². The maximum atomic E-state index is 12.5. The highest BCUT2D eigenvalue weighted by atomic mass is 16.3. The summed E-state index contributed by atoms with van der Waals surface area (Å²) in [4.78, 5) is 28.9. The molecule has 0 atom stereocenters. The van der Waals surface area contributed by atoms with Crippen molar-refractivity contribution in [1.29, 1.82) is 5.26 Å². The van der Waals surface area contributed by atoms with Crippen molar-refractivity contribution in [3.8, 4) is 6.07 Å². The Morgan fingerprint density at radius 3 is 2.71 bits per heavy atom. The molecular formula is C13H15N5O3. The predicted molar refractivity (Wildman–Crippen MR) is 73.5 cm³/mol. The van der Waals surface area contributed by atoms with Crippen molar-refractivity contribution in [3.05, 3.63) is 27.2 Å². The second-order valence-corrected chi connectivity index (χ2v) is 5.71. The van der Waals surface area contributed by atoms with E-state index in [2.05, 4.69) is 11.1 Å². The van der Waals surface area contributed by atoms with Gasteiger partial charge in [-0.05, 0) is 12.8 Å². The molecule has 0 saturated heterocycles. The van der Waals surface area contributed by atoms with E-state index >= 15 is 0 Å². The van der Waals surface area contributed by atoms with Gasteiger partial charge in [-0.1, -0.05) is 0 Å². The standard InChI is InChI=1S/C13H15N5O3/c1-16-7-15-10-9(16)11(20)18(12(21)17(10)2)6-13(5-14)3-8(19)4-13/h7-8,19H,3-4,6H2,1-2H3. The molecule has 21 heavy (non-hydrogen) atoms. The Kier molecular flexibility index (Phi) is 2.78. The molecule has 1 aliphatic carbocycles. The molecule has 0 bridgehead atoms. The lowest BCUT2D eigenvalue weighted by Crippen LogP contribution is -2.49. The van der Waals surface area contributed by atoms with Crippen molar-refractivity contribution in [2.24, 2.45) is 19.5 Å². The summed E-state index contributed by atoms with van der Waals surface area (Å²) in [6.45, 7) is -0.00676. The molecule has 8 nitrogen and oxygen atoms in total. The van der Waals surface area contributed by atoms with Crippen LogP contribution < -0.4 is 11.2 Å². The minimum Gasteiger partial charge on any atom is -0.393 e. The first kappa shape index (κ1) is 13.6. The van der Waals surface area contributed by atoms with Crippen molar-refractivity contribution < 1.29 is 5.11 Å². The van der Waals surface area contributed by atoms with Gasteiger partial charge in [0, 0.05) is 20.6 Å². The van der Waals surface area contributed by atoms with E-state index < -0.39 is 22.8 Å². The molecule has 0 aromatic carbocycles. The van der Waals surface area contributed by atoms with E-state index in [1.54, 1.807) is 18.7 Å². The van der Waals surface area contributed by atoms with Gasteiger partial charge in [-0.25, -0.2) is 9.78 Å². The Balaban J connectivity index is 2.20. The summed E-state index contributed by atoms with van der Waals surface area (Å²) in [6, 6.07) is 2.13. The molecule has 1 fully saturated rings. The number of hydrogen-bond acceptors (Lipinski definition) is 5. The van der Waals surface area contributed by atoms with Gasteiger partial charge in [0.05, 0.1) is 23.9 Å². The molecule has 1 aliphatic rings. The van der Waals surface area contributed by atoms with Crippen LogP contribution in [0.4, 0.5) is 0 Å². The fourth-order valence-electron chi connectivity index (χ4n) is 2.94. The molecule has 0 aliphatic heterocycles. The second kappa shape index (κ2) is 4.30. The molecule has 0 spiro atoms. The summed E-state index contributed by atoms with van der Waals surface area (Å²) >= 11 is 0. The van der Waals surface area contributed by atoms with Crippen LogP contribution in [0.1, 0.15) is 12.8 Å². The molecule has 1 N–H and O–H groups in total. The first-order valence-corrected chi connectivity index (χ1v) is 6.59. The highest BCUT2D eigenvalue weighted by Crippen LogP contribution is 2.41. The quantitative estimate of drug-likeness (QED) is 0.771. The normalized spacial score (nSPS) is 24.8. The lowest BCUT2D eigenvalue weighted by atomic mass is 9.68. The largest absolute Gasteiger partial charge is 0.393 e. The Morgan fingerprint density at radius 1 is 1.48 bits per heavy atom. The third-order valence-electron chi connectivity index (χ3n) is 4.15. The first-order chi connectivity index (χ1) is 9.88. The zero-order valence-corrected chi connectivity index (χ0v) is 11.8. The third kappa shape index (κ3) is 1.81. The van der Waals surface area contributed by atoms with E-state index in [0.29, 0.717) is 11.2 Å². The minimum atomic E-state index is -0.846. The lowest BCUT2D eigenvalue weighted by Gasteiger charge is -2.39. The van der Waals surface area contributed by atoms with E-state index in [9.17, 15) is 20.0 Å². The van der Waals surface area contributed by atoms with E-state index in [0.717, 1.165) is 4.57 Å². The maximum Gasteiger partial charge on any atom is 0.332 e. The van der Waals surface area contributed by atoms with Crippen LogP contribution in [0, 0.1) is 16.7 Å². The number of aromatic nitrogens is 4. The number of nitriles is 1. The van der Waals surface area contributed by atoms with Crippen LogP contribution in [0.25, 0.3) is 11.2 Å². The van der Waals surface area contributed by atoms with E-state index in [1.165, 1.54) is 10.9 Å². The van der Waals surface area contributed by atoms with Gasteiger partial charge >= 0.3 is 5.69 Å². The van der Waals surface area contributed by atoms with Gasteiger partial charge in [-0.3, -0.25) is 13.9 Å². The van der Waals surface area contributed by atoms with Gasteiger partial charge in [0.25, 0.3) is 5.56 Å². The van der Waals surface area contributed by atoms with Crippen LogP contribution in [-0.4, -0.2) is 29.9 Å².